The van der Waals surface area contributed by atoms with E-state index in [-0.39, 0.29) is 0 Å². The number of esters is 2. The van der Waals surface area contributed by atoms with E-state index in [9.17, 15) is 9.59 Å². The summed E-state index contributed by atoms with van der Waals surface area (Å²) >= 11 is 0. The highest BCUT2D eigenvalue weighted by atomic mass is 16.8. The molecule has 1 aliphatic heterocycles. The number of carbonyl (C=O) groups excluding carboxylic acids is 2. The van der Waals surface area contributed by atoms with Crippen LogP contribution in [0.5, 0.6) is 0 Å². The lowest BCUT2D eigenvalue weighted by atomic mass is 9.93. The maximum atomic E-state index is 14.5. The molecule has 274 valence electrons. The molecule has 0 aromatic heterocycles. The van der Waals surface area contributed by atoms with Crippen LogP contribution in [0.3, 0.4) is 0 Å². The average molecular weight is 727 g/mol. The van der Waals surface area contributed by atoms with Gasteiger partial charge >= 0.3 is 11.9 Å². The van der Waals surface area contributed by atoms with Crippen molar-refractivity contribution in [2.45, 2.75) is 44.1 Å². The molecule has 6 aromatic carbocycles. The van der Waals surface area contributed by atoms with Gasteiger partial charge in [-0.15, -0.1) is 0 Å². The Hall–Kier alpha value is -6.34. The number of benzene rings is 6. The third-order valence-corrected chi connectivity index (χ3v) is 9.32. The lowest BCUT2D eigenvalue weighted by Crippen LogP contribution is -2.38. The van der Waals surface area contributed by atoms with Gasteiger partial charge in [-0.3, -0.25) is 0 Å². The van der Waals surface area contributed by atoms with Crippen molar-refractivity contribution >= 4 is 35.2 Å². The van der Waals surface area contributed by atoms with E-state index in [4.69, 9.17) is 18.9 Å². The number of hydrogen-bond acceptors (Lipinski definition) is 6. The van der Waals surface area contributed by atoms with Gasteiger partial charge in [0.25, 0.3) is 0 Å². The minimum absolute atomic E-state index is 0.382. The second-order valence-corrected chi connectivity index (χ2v) is 13.7. The molecule has 0 saturated carbocycles. The van der Waals surface area contributed by atoms with Gasteiger partial charge in [-0.1, -0.05) is 182 Å². The summed E-state index contributed by atoms with van der Waals surface area (Å²) < 4.78 is 26.5. The maximum absolute atomic E-state index is 14.5. The van der Waals surface area contributed by atoms with Gasteiger partial charge in [-0.25, -0.2) is 9.59 Å². The van der Waals surface area contributed by atoms with E-state index in [1.54, 1.807) is 0 Å². The van der Waals surface area contributed by atoms with E-state index < -0.39 is 42.1 Å². The molecule has 1 fully saturated rings. The molecule has 4 atom stereocenters. The normalized spacial score (nSPS) is 17.9. The van der Waals surface area contributed by atoms with Crippen LogP contribution in [0.2, 0.25) is 0 Å². The van der Waals surface area contributed by atoms with Crippen LogP contribution < -0.4 is 0 Å². The number of carbonyl (C=O) groups is 2. The van der Waals surface area contributed by atoms with Crippen molar-refractivity contribution < 1.29 is 28.5 Å². The molecule has 0 spiro atoms. The van der Waals surface area contributed by atoms with Gasteiger partial charge < -0.3 is 18.9 Å². The molecule has 55 heavy (non-hydrogen) atoms. The predicted octanol–water partition coefficient (Wildman–Crippen LogP) is 10.6. The first-order valence-electron chi connectivity index (χ1n) is 18.4. The van der Waals surface area contributed by atoms with E-state index in [1.165, 1.54) is 0 Å². The van der Waals surface area contributed by atoms with Crippen molar-refractivity contribution in [1.82, 2.24) is 0 Å². The lowest BCUT2D eigenvalue weighted by Gasteiger charge is -2.31. The lowest BCUT2D eigenvalue weighted by molar-refractivity contribution is -0.172. The third-order valence-electron chi connectivity index (χ3n) is 9.32. The van der Waals surface area contributed by atoms with Crippen LogP contribution in [0, 0.1) is 0 Å². The molecular formula is C49H42O6. The van der Waals surface area contributed by atoms with Crippen molar-refractivity contribution in [3.05, 3.63) is 215 Å². The Morgan fingerprint density at radius 3 is 1.09 bits per heavy atom. The van der Waals surface area contributed by atoms with Crippen molar-refractivity contribution in [2.75, 3.05) is 0 Å². The molecule has 0 unspecified atom stereocenters. The van der Waals surface area contributed by atoms with Gasteiger partial charge in [-0.05, 0) is 59.4 Å². The molecule has 1 aliphatic rings. The predicted molar refractivity (Wildman–Crippen MR) is 216 cm³/mol. The first kappa shape index (κ1) is 37.0. The minimum Gasteiger partial charge on any atom is -0.451 e. The maximum Gasteiger partial charge on any atom is 0.339 e. The highest BCUT2D eigenvalue weighted by Gasteiger charge is 2.52. The van der Waals surface area contributed by atoms with E-state index in [2.05, 4.69) is 0 Å². The van der Waals surface area contributed by atoms with Crippen molar-refractivity contribution in [1.29, 1.82) is 0 Å². The zero-order valence-corrected chi connectivity index (χ0v) is 30.7. The topological polar surface area (TPSA) is 71.1 Å². The zero-order chi connectivity index (χ0) is 38.0. The quantitative estimate of drug-likeness (QED) is 0.0710. The summed E-state index contributed by atoms with van der Waals surface area (Å²) in [5, 5.41) is 0. The fourth-order valence-corrected chi connectivity index (χ4v) is 6.77. The summed E-state index contributed by atoms with van der Waals surface area (Å²) in [6, 6.07) is 57.1. The first-order valence-corrected chi connectivity index (χ1v) is 18.4. The Kier molecular flexibility index (Phi) is 11.6. The van der Waals surface area contributed by atoms with Crippen LogP contribution in [0.1, 0.15) is 59.4 Å². The first-order chi connectivity index (χ1) is 26.8. The molecule has 6 aromatic rings. The molecule has 6 nitrogen and oxygen atoms in total. The van der Waals surface area contributed by atoms with Gasteiger partial charge in [0.2, 0.25) is 0 Å². The van der Waals surface area contributed by atoms with Crippen molar-refractivity contribution in [3.63, 3.8) is 0 Å². The van der Waals surface area contributed by atoms with Crippen molar-refractivity contribution in [2.24, 2.45) is 0 Å². The summed E-state index contributed by atoms with van der Waals surface area (Å²) in [6.45, 7) is 3.62. The van der Waals surface area contributed by atoms with Crippen LogP contribution in [0.15, 0.2) is 182 Å². The second kappa shape index (κ2) is 17.2. The Morgan fingerprint density at radius 2 is 0.764 bits per heavy atom. The van der Waals surface area contributed by atoms with Gasteiger partial charge in [0.1, 0.15) is 12.2 Å². The molecule has 1 heterocycles. The van der Waals surface area contributed by atoms with Gasteiger partial charge in [-0.2, -0.15) is 0 Å². The standard InChI is InChI=1S/C49H42O6/c1-49(2)54-45(43(39-29-17-7-18-30-39)52-47(50)41(37-25-13-5-14-26-37)33-35-21-9-3-10-22-35)46(55-49)44(40-31-19-8-20-32-40)53-48(51)42(38-27-15-6-16-28-38)34-36-23-11-4-12-24-36/h3-34,43-46H,1-2H3/b41-33+,42-34+/t43-,44-,45+,46+/m1/s1. The van der Waals surface area contributed by atoms with E-state index in [1.807, 2.05) is 208 Å². The SMILES string of the molecule is CC1(C)O[C@@H]([C@H](OC(=O)/C(=C/c2ccccc2)c2ccccc2)c2ccccc2)[C@H]([C@H](OC(=O)/C(=C/c2ccccc2)c2ccccc2)c2ccccc2)O1. The Labute approximate surface area is 322 Å². The van der Waals surface area contributed by atoms with Gasteiger partial charge in [0.15, 0.2) is 18.0 Å². The fraction of sp³-hybridized carbons (Fsp3) is 0.143. The van der Waals surface area contributed by atoms with E-state index in [0.29, 0.717) is 33.4 Å². The molecule has 7 rings (SSSR count). The summed E-state index contributed by atoms with van der Waals surface area (Å²) in [7, 11) is 0. The molecule has 0 bridgehead atoms. The molecule has 0 N–H and O–H groups in total. The summed E-state index contributed by atoms with van der Waals surface area (Å²) in [6.07, 6.45) is -0.0566. The summed E-state index contributed by atoms with van der Waals surface area (Å²) in [5.41, 5.74) is 5.28. The molecule has 0 radical (unpaired) electrons. The van der Waals surface area contributed by atoms with Crippen LogP contribution in [0.4, 0.5) is 0 Å². The number of rotatable bonds is 12. The third kappa shape index (κ3) is 9.25. The second-order valence-electron chi connectivity index (χ2n) is 13.7. The molecule has 0 amide bonds. The van der Waals surface area contributed by atoms with E-state index >= 15 is 0 Å². The fourth-order valence-electron chi connectivity index (χ4n) is 6.77. The van der Waals surface area contributed by atoms with Gasteiger partial charge in [0.05, 0.1) is 11.1 Å². The van der Waals surface area contributed by atoms with Crippen LogP contribution in [-0.2, 0) is 28.5 Å². The van der Waals surface area contributed by atoms with Crippen LogP contribution in [-0.4, -0.2) is 29.9 Å². The molecule has 0 aliphatic carbocycles. The van der Waals surface area contributed by atoms with Crippen LogP contribution in [0.25, 0.3) is 23.3 Å². The molecule has 1 saturated heterocycles. The molecule has 6 heteroatoms. The summed E-state index contributed by atoms with van der Waals surface area (Å²) in [4.78, 5) is 29.0. The monoisotopic (exact) mass is 726 g/mol. The Morgan fingerprint density at radius 1 is 0.473 bits per heavy atom. The minimum atomic E-state index is -1.13. The largest absolute Gasteiger partial charge is 0.451 e. The molecular weight excluding hydrogens is 685 g/mol. The van der Waals surface area contributed by atoms with Crippen molar-refractivity contribution in [3.8, 4) is 0 Å². The number of ether oxygens (including phenoxy) is 4. The highest BCUT2D eigenvalue weighted by Crippen LogP contribution is 2.44. The highest BCUT2D eigenvalue weighted by molar-refractivity contribution is 6.22. The van der Waals surface area contributed by atoms with E-state index in [0.717, 1.165) is 11.1 Å². The van der Waals surface area contributed by atoms with Crippen LogP contribution >= 0.6 is 0 Å². The Balaban J connectivity index is 1.29. The average Bonchev–Trinajstić information content (AvgIpc) is 3.56. The number of hydrogen-bond donors (Lipinski definition) is 0. The zero-order valence-electron chi connectivity index (χ0n) is 30.7. The Bertz CT molecular complexity index is 2060. The smallest absolute Gasteiger partial charge is 0.339 e. The van der Waals surface area contributed by atoms with Gasteiger partial charge in [0, 0.05) is 0 Å². The summed E-state index contributed by atoms with van der Waals surface area (Å²) in [5.74, 6) is -2.21.